The van der Waals surface area contributed by atoms with Crippen molar-refractivity contribution in [3.8, 4) is 11.6 Å². The minimum Gasteiger partial charge on any atom is -0.437 e. The standard InChI is InChI=1S/C18H12N2O3/c1-11-14-4-2-3-5-15(14)18(20-19-11)22-13-8-6-12-7-9-17(21)23-16(12)10-13/h2-10H,1H3. The molecule has 112 valence electrons. The second kappa shape index (κ2) is 5.21. The van der Waals surface area contributed by atoms with Crippen molar-refractivity contribution in [2.24, 2.45) is 0 Å². The monoisotopic (exact) mass is 304 g/mol. The maximum absolute atomic E-state index is 11.3. The van der Waals surface area contributed by atoms with Crippen molar-refractivity contribution in [2.45, 2.75) is 6.92 Å². The lowest BCUT2D eigenvalue weighted by molar-refractivity contribution is 0.460. The summed E-state index contributed by atoms with van der Waals surface area (Å²) in [6, 6.07) is 16.2. The number of hydrogen-bond donors (Lipinski definition) is 0. The zero-order valence-corrected chi connectivity index (χ0v) is 12.3. The summed E-state index contributed by atoms with van der Waals surface area (Å²) in [5, 5.41) is 11.0. The molecule has 2 heterocycles. The molecule has 2 aromatic carbocycles. The Morgan fingerprint density at radius 2 is 1.74 bits per heavy atom. The lowest BCUT2D eigenvalue weighted by Crippen LogP contribution is -1.96. The van der Waals surface area contributed by atoms with E-state index in [1.54, 1.807) is 18.2 Å². The number of benzene rings is 2. The third-order valence-corrected chi connectivity index (χ3v) is 3.65. The highest BCUT2D eigenvalue weighted by molar-refractivity contribution is 5.88. The van der Waals surface area contributed by atoms with Gasteiger partial charge in [-0.05, 0) is 31.2 Å². The van der Waals surface area contributed by atoms with Gasteiger partial charge in [-0.15, -0.1) is 5.10 Å². The van der Waals surface area contributed by atoms with Crippen LogP contribution in [0.25, 0.3) is 21.7 Å². The number of aryl methyl sites for hydroxylation is 1. The quantitative estimate of drug-likeness (QED) is 0.526. The van der Waals surface area contributed by atoms with Crippen molar-refractivity contribution in [3.05, 3.63) is 70.7 Å². The summed E-state index contributed by atoms with van der Waals surface area (Å²) in [4.78, 5) is 11.3. The minimum absolute atomic E-state index is 0.393. The molecule has 0 atom stereocenters. The van der Waals surface area contributed by atoms with Gasteiger partial charge in [0.1, 0.15) is 11.3 Å². The fourth-order valence-electron chi connectivity index (χ4n) is 2.50. The molecule has 23 heavy (non-hydrogen) atoms. The van der Waals surface area contributed by atoms with Crippen LogP contribution in [0.1, 0.15) is 5.69 Å². The van der Waals surface area contributed by atoms with Crippen molar-refractivity contribution < 1.29 is 9.15 Å². The van der Waals surface area contributed by atoms with Crippen LogP contribution < -0.4 is 10.4 Å². The lowest BCUT2D eigenvalue weighted by atomic mass is 10.1. The van der Waals surface area contributed by atoms with Crippen LogP contribution >= 0.6 is 0 Å². The van der Waals surface area contributed by atoms with E-state index in [1.165, 1.54) is 6.07 Å². The molecule has 0 aliphatic rings. The maximum Gasteiger partial charge on any atom is 0.336 e. The first-order valence-corrected chi connectivity index (χ1v) is 7.14. The molecule has 2 aromatic heterocycles. The minimum atomic E-state index is -0.393. The molecule has 5 nitrogen and oxygen atoms in total. The first-order valence-electron chi connectivity index (χ1n) is 7.14. The van der Waals surface area contributed by atoms with E-state index < -0.39 is 5.63 Å². The Morgan fingerprint density at radius 3 is 2.61 bits per heavy atom. The van der Waals surface area contributed by atoms with E-state index in [9.17, 15) is 4.79 Å². The van der Waals surface area contributed by atoms with Crippen LogP contribution in [0.15, 0.2) is 63.8 Å². The Hall–Kier alpha value is -3.21. The summed E-state index contributed by atoms with van der Waals surface area (Å²) >= 11 is 0. The van der Waals surface area contributed by atoms with E-state index >= 15 is 0 Å². The predicted molar refractivity (Wildman–Crippen MR) is 86.8 cm³/mol. The van der Waals surface area contributed by atoms with E-state index in [0.29, 0.717) is 17.2 Å². The maximum atomic E-state index is 11.3. The molecule has 0 aliphatic carbocycles. The van der Waals surface area contributed by atoms with Gasteiger partial charge in [0.25, 0.3) is 0 Å². The van der Waals surface area contributed by atoms with Crippen molar-refractivity contribution in [2.75, 3.05) is 0 Å². The number of rotatable bonds is 2. The summed E-state index contributed by atoms with van der Waals surface area (Å²) in [6.07, 6.45) is 0. The van der Waals surface area contributed by atoms with Gasteiger partial charge in [-0.3, -0.25) is 0 Å². The summed E-state index contributed by atoms with van der Waals surface area (Å²) in [6.45, 7) is 1.91. The third-order valence-electron chi connectivity index (χ3n) is 3.65. The summed E-state index contributed by atoms with van der Waals surface area (Å²) in [5.74, 6) is 0.957. The van der Waals surface area contributed by atoms with Gasteiger partial charge in [0.05, 0.1) is 5.69 Å². The zero-order valence-electron chi connectivity index (χ0n) is 12.3. The molecule has 0 unspecified atom stereocenters. The molecule has 0 spiro atoms. The molecule has 0 amide bonds. The van der Waals surface area contributed by atoms with Crippen LogP contribution in [-0.2, 0) is 0 Å². The van der Waals surface area contributed by atoms with Gasteiger partial charge in [0.15, 0.2) is 0 Å². The van der Waals surface area contributed by atoms with Gasteiger partial charge in [0, 0.05) is 28.3 Å². The van der Waals surface area contributed by atoms with E-state index in [0.717, 1.165) is 21.9 Å². The number of nitrogens with zero attached hydrogens (tertiary/aromatic N) is 2. The first-order chi connectivity index (χ1) is 11.2. The second-order valence-corrected chi connectivity index (χ2v) is 5.19. The van der Waals surface area contributed by atoms with Crippen molar-refractivity contribution in [3.63, 3.8) is 0 Å². The van der Waals surface area contributed by atoms with Gasteiger partial charge in [-0.1, -0.05) is 18.2 Å². The summed E-state index contributed by atoms with van der Waals surface area (Å²) in [5.41, 5.74) is 0.923. The Morgan fingerprint density at radius 1 is 0.957 bits per heavy atom. The van der Waals surface area contributed by atoms with Gasteiger partial charge < -0.3 is 9.15 Å². The number of fused-ring (bicyclic) bond motifs is 2. The predicted octanol–water partition coefficient (Wildman–Crippen LogP) is 3.84. The molecule has 0 fully saturated rings. The Kier molecular flexibility index (Phi) is 3.05. The lowest BCUT2D eigenvalue weighted by Gasteiger charge is -2.08. The van der Waals surface area contributed by atoms with Crippen molar-refractivity contribution >= 4 is 21.7 Å². The van der Waals surface area contributed by atoms with Crippen molar-refractivity contribution in [1.29, 1.82) is 0 Å². The van der Waals surface area contributed by atoms with Crippen LogP contribution in [0.4, 0.5) is 0 Å². The molecule has 0 saturated heterocycles. The molecule has 4 rings (SSSR count). The molecule has 4 aromatic rings. The highest BCUT2D eigenvalue weighted by atomic mass is 16.5. The smallest absolute Gasteiger partial charge is 0.336 e. The number of aromatic nitrogens is 2. The molecule has 0 saturated carbocycles. The van der Waals surface area contributed by atoms with Crippen LogP contribution in [0.3, 0.4) is 0 Å². The average molecular weight is 304 g/mol. The summed E-state index contributed by atoms with van der Waals surface area (Å²) < 4.78 is 11.0. The third kappa shape index (κ3) is 2.42. The number of ether oxygens (including phenoxy) is 1. The molecular weight excluding hydrogens is 292 g/mol. The van der Waals surface area contributed by atoms with E-state index in [2.05, 4.69) is 10.2 Å². The second-order valence-electron chi connectivity index (χ2n) is 5.19. The Balaban J connectivity index is 1.82. The fourth-order valence-corrected chi connectivity index (χ4v) is 2.50. The van der Waals surface area contributed by atoms with E-state index in [-0.39, 0.29) is 0 Å². The SMILES string of the molecule is Cc1nnc(Oc2ccc3ccc(=O)oc3c2)c2ccccc12. The van der Waals surface area contributed by atoms with E-state index in [1.807, 2.05) is 37.3 Å². The molecule has 0 radical (unpaired) electrons. The van der Waals surface area contributed by atoms with Crippen LogP contribution in [0.2, 0.25) is 0 Å². The fraction of sp³-hybridized carbons (Fsp3) is 0.0556. The topological polar surface area (TPSA) is 65.2 Å². The molecule has 0 N–H and O–H groups in total. The van der Waals surface area contributed by atoms with Crippen LogP contribution in [0, 0.1) is 6.92 Å². The highest BCUT2D eigenvalue weighted by Gasteiger charge is 2.09. The normalized spacial score (nSPS) is 11.0. The summed E-state index contributed by atoms with van der Waals surface area (Å²) in [7, 11) is 0. The molecule has 0 bridgehead atoms. The van der Waals surface area contributed by atoms with Gasteiger partial charge in [-0.2, -0.15) is 5.10 Å². The molecule has 0 aliphatic heterocycles. The van der Waals surface area contributed by atoms with Gasteiger partial charge in [-0.25, -0.2) is 4.79 Å². The number of hydrogen-bond acceptors (Lipinski definition) is 5. The van der Waals surface area contributed by atoms with Gasteiger partial charge >= 0.3 is 5.63 Å². The van der Waals surface area contributed by atoms with Crippen molar-refractivity contribution in [1.82, 2.24) is 10.2 Å². The molecular formula is C18H12N2O3. The zero-order chi connectivity index (χ0) is 15.8. The Bertz CT molecular complexity index is 1090. The molecule has 5 heteroatoms. The van der Waals surface area contributed by atoms with Crippen LogP contribution in [0.5, 0.6) is 11.6 Å². The average Bonchev–Trinajstić information content (AvgIpc) is 2.57. The largest absolute Gasteiger partial charge is 0.437 e. The van der Waals surface area contributed by atoms with Crippen LogP contribution in [-0.4, -0.2) is 10.2 Å². The Labute approximate surface area is 131 Å². The highest BCUT2D eigenvalue weighted by Crippen LogP contribution is 2.29. The van der Waals surface area contributed by atoms with Gasteiger partial charge in [0.2, 0.25) is 5.88 Å². The first kappa shape index (κ1) is 13.5. The van der Waals surface area contributed by atoms with E-state index in [4.69, 9.17) is 9.15 Å².